The lowest BCUT2D eigenvalue weighted by molar-refractivity contribution is 0.0895. The zero-order chi connectivity index (χ0) is 6.20. The third-order valence-electron chi connectivity index (χ3n) is 1.14. The topological polar surface area (TPSA) is 21.8 Å². The predicted octanol–water partition coefficient (Wildman–Crippen LogP) is 1.53. The van der Waals surface area contributed by atoms with Crippen molar-refractivity contribution in [2.75, 3.05) is 4.61 Å². The summed E-state index contributed by atoms with van der Waals surface area (Å²) < 4.78 is 11.0. The van der Waals surface area contributed by atoms with Crippen LogP contribution in [0.3, 0.4) is 0 Å². The molecule has 0 N–H and O–H groups in total. The van der Waals surface area contributed by atoms with Crippen LogP contribution < -0.4 is 0 Å². The van der Waals surface area contributed by atoms with Gasteiger partial charge in [0.15, 0.2) is 6.29 Å². The molecular weight excluding hydrogens is 219 g/mol. The Labute approximate surface area is 62.7 Å². The molecule has 1 unspecified atom stereocenters. The second-order valence-corrected chi connectivity index (χ2v) is 2.95. The van der Waals surface area contributed by atoms with Gasteiger partial charge in [-0.25, -0.2) is 0 Å². The third kappa shape index (κ3) is 1.33. The number of epoxide rings is 1. The molecule has 0 aromatic carbocycles. The molecule has 1 atom stereocenters. The Hall–Kier alpha value is 0.650. The van der Waals surface area contributed by atoms with E-state index >= 15 is 0 Å². The lowest BCUT2D eigenvalue weighted by Crippen LogP contribution is -2.05. The van der Waals surface area contributed by atoms with Gasteiger partial charge in [-0.3, -0.25) is 0 Å². The average molecular weight is 228 g/mol. The molecule has 1 saturated heterocycles. The Morgan fingerprint density at radius 3 is 2.38 bits per heavy atom. The summed E-state index contributed by atoms with van der Waals surface area (Å²) in [4.78, 5) is 0. The quantitative estimate of drug-likeness (QED) is 0.406. The van der Waals surface area contributed by atoms with Crippen molar-refractivity contribution in [3.8, 4) is 0 Å². The molecule has 0 spiro atoms. The number of hydrogen-bond acceptors (Lipinski definition) is 2. The highest BCUT2D eigenvalue weighted by atomic mass is 127. The van der Waals surface area contributed by atoms with E-state index in [2.05, 4.69) is 22.6 Å². The summed E-state index contributed by atoms with van der Waals surface area (Å²) in [5.41, 5.74) is -0.00876. The molecule has 0 bridgehead atoms. The number of hydrogen-bond donors (Lipinski definition) is 0. The first-order valence-corrected chi connectivity index (χ1v) is 4.05. The van der Waals surface area contributed by atoms with E-state index in [0.29, 0.717) is 4.61 Å². The monoisotopic (exact) mass is 228 g/mol. The first-order valence-electron chi connectivity index (χ1n) is 2.52. The minimum absolute atomic E-state index is 0.00876. The fourth-order valence-electron chi connectivity index (χ4n) is 0.534. The van der Waals surface area contributed by atoms with Gasteiger partial charge in [0.2, 0.25) is 0 Å². The summed E-state index contributed by atoms with van der Waals surface area (Å²) in [6.45, 7) is 4.04. The minimum Gasteiger partial charge on any atom is -0.339 e. The van der Waals surface area contributed by atoms with Crippen molar-refractivity contribution >= 4 is 22.6 Å². The second-order valence-electron chi connectivity index (χ2n) is 2.33. The van der Waals surface area contributed by atoms with Crippen LogP contribution in [0.1, 0.15) is 13.8 Å². The normalized spacial score (nSPS) is 32.6. The van der Waals surface area contributed by atoms with Crippen molar-refractivity contribution in [2.24, 2.45) is 0 Å². The molecule has 3 heteroatoms. The molecule has 1 rings (SSSR count). The highest BCUT2D eigenvalue weighted by Crippen LogP contribution is 2.35. The Bertz CT molecular complexity index is 92.4. The summed E-state index contributed by atoms with van der Waals surface area (Å²) in [5, 5.41) is 0. The van der Waals surface area contributed by atoms with Gasteiger partial charge < -0.3 is 9.47 Å². The van der Waals surface area contributed by atoms with Crippen LogP contribution >= 0.6 is 22.6 Å². The molecule has 0 amide bonds. The largest absolute Gasteiger partial charge is 0.339 e. The number of alkyl halides is 1. The van der Waals surface area contributed by atoms with Crippen LogP contribution in [-0.2, 0) is 9.47 Å². The van der Waals surface area contributed by atoms with E-state index in [4.69, 9.17) is 9.47 Å². The zero-order valence-electron chi connectivity index (χ0n) is 4.98. The average Bonchev–Trinajstić information content (AvgIpc) is 2.15. The van der Waals surface area contributed by atoms with E-state index in [1.165, 1.54) is 0 Å². The number of halogens is 1. The van der Waals surface area contributed by atoms with Crippen LogP contribution in [0, 0.1) is 0 Å². The van der Waals surface area contributed by atoms with Gasteiger partial charge in [0.1, 0.15) is 10.2 Å². The van der Waals surface area contributed by atoms with Gasteiger partial charge in [-0.2, -0.15) is 0 Å². The summed E-state index contributed by atoms with van der Waals surface area (Å²) in [7, 11) is 0. The van der Waals surface area contributed by atoms with Gasteiger partial charge in [0, 0.05) is 0 Å². The van der Waals surface area contributed by atoms with E-state index in [0.717, 1.165) is 0 Å². The van der Waals surface area contributed by atoms with Gasteiger partial charge in [0.25, 0.3) is 0 Å². The van der Waals surface area contributed by atoms with Crippen molar-refractivity contribution in [3.63, 3.8) is 0 Å². The molecule has 0 aromatic rings. The molecule has 2 nitrogen and oxygen atoms in total. The molecule has 0 aliphatic carbocycles. The van der Waals surface area contributed by atoms with Gasteiger partial charge in [-0.1, -0.05) is 22.6 Å². The summed E-state index contributed by atoms with van der Waals surface area (Å²) >= 11 is 2.16. The highest BCUT2D eigenvalue weighted by Gasteiger charge is 2.48. The van der Waals surface area contributed by atoms with Crippen LogP contribution in [0.5, 0.6) is 0 Å². The molecule has 1 aliphatic heterocycles. The fourth-order valence-corrected chi connectivity index (χ4v) is 0.860. The maximum absolute atomic E-state index is 5.13. The Kier molecular flexibility index (Phi) is 1.79. The fraction of sp³-hybridized carbons (Fsp3) is 1.00. The molecule has 1 fully saturated rings. The highest BCUT2D eigenvalue weighted by molar-refractivity contribution is 14.1. The SMILES string of the molecule is CC1(C)OC1OCI. The van der Waals surface area contributed by atoms with Crippen LogP contribution in [0.25, 0.3) is 0 Å². The van der Waals surface area contributed by atoms with Crippen LogP contribution in [0.4, 0.5) is 0 Å². The van der Waals surface area contributed by atoms with Crippen LogP contribution in [0.15, 0.2) is 0 Å². The Morgan fingerprint density at radius 2 is 2.25 bits per heavy atom. The van der Waals surface area contributed by atoms with Crippen LogP contribution in [-0.4, -0.2) is 16.5 Å². The van der Waals surface area contributed by atoms with Crippen molar-refractivity contribution in [3.05, 3.63) is 0 Å². The van der Waals surface area contributed by atoms with E-state index in [1.807, 2.05) is 13.8 Å². The first kappa shape index (κ1) is 6.77. The van der Waals surface area contributed by atoms with Gasteiger partial charge >= 0.3 is 0 Å². The third-order valence-corrected chi connectivity index (χ3v) is 1.50. The minimum atomic E-state index is -0.00876. The van der Waals surface area contributed by atoms with Crippen molar-refractivity contribution in [2.45, 2.75) is 25.7 Å². The molecule has 0 saturated carbocycles. The number of ether oxygens (including phenoxy) is 2. The van der Waals surface area contributed by atoms with Gasteiger partial charge in [-0.05, 0) is 13.8 Å². The van der Waals surface area contributed by atoms with Crippen molar-refractivity contribution in [1.29, 1.82) is 0 Å². The van der Waals surface area contributed by atoms with Crippen molar-refractivity contribution < 1.29 is 9.47 Å². The van der Waals surface area contributed by atoms with Crippen LogP contribution in [0.2, 0.25) is 0 Å². The zero-order valence-corrected chi connectivity index (χ0v) is 7.14. The van der Waals surface area contributed by atoms with Gasteiger partial charge in [0.05, 0.1) is 0 Å². The molecule has 1 heterocycles. The Morgan fingerprint density at radius 1 is 1.75 bits per heavy atom. The maximum atomic E-state index is 5.13. The molecule has 0 radical (unpaired) electrons. The smallest absolute Gasteiger partial charge is 0.187 e. The van der Waals surface area contributed by atoms with E-state index in [-0.39, 0.29) is 11.9 Å². The summed E-state index contributed by atoms with van der Waals surface area (Å²) in [5.74, 6) is 0. The molecule has 8 heavy (non-hydrogen) atoms. The standard InChI is InChI=1S/C5H9IO2/c1-5(2)4(8-5)7-3-6/h4H,3H2,1-2H3. The molecule has 1 aliphatic rings. The summed E-state index contributed by atoms with van der Waals surface area (Å²) in [6, 6.07) is 0. The van der Waals surface area contributed by atoms with E-state index in [1.54, 1.807) is 0 Å². The lowest BCUT2D eigenvalue weighted by atomic mass is 10.2. The molecule has 0 aromatic heterocycles. The summed E-state index contributed by atoms with van der Waals surface area (Å²) in [6.07, 6.45) is 0.0550. The molecular formula is C5H9IO2. The molecule has 48 valence electrons. The predicted molar refractivity (Wildman–Crippen MR) is 38.9 cm³/mol. The second kappa shape index (κ2) is 2.11. The maximum Gasteiger partial charge on any atom is 0.187 e. The number of rotatable bonds is 2. The lowest BCUT2D eigenvalue weighted by Gasteiger charge is -1.92. The van der Waals surface area contributed by atoms with Gasteiger partial charge in [-0.15, -0.1) is 0 Å². The van der Waals surface area contributed by atoms with E-state index in [9.17, 15) is 0 Å². The first-order chi connectivity index (χ1) is 3.67. The van der Waals surface area contributed by atoms with Crippen molar-refractivity contribution in [1.82, 2.24) is 0 Å². The Balaban J connectivity index is 2.17. The van der Waals surface area contributed by atoms with E-state index < -0.39 is 0 Å².